The average molecular weight is 359 g/mol. The van der Waals surface area contributed by atoms with Crippen LogP contribution in [0.15, 0.2) is 18.2 Å². The van der Waals surface area contributed by atoms with Gasteiger partial charge in [0, 0.05) is 5.69 Å². The van der Waals surface area contributed by atoms with Crippen molar-refractivity contribution in [1.82, 2.24) is 9.97 Å². The second-order valence-electron chi connectivity index (χ2n) is 3.84. The fourth-order valence-electron chi connectivity index (χ4n) is 1.45. The number of aromatic amines is 1. The third-order valence-electron chi connectivity index (χ3n) is 2.36. The SMILES string of the molecule is O=C(Nc1ccc(Cl)c(C(F)(F)F)c1)c1nc(Cl)c(Cl)[nH]1. The van der Waals surface area contributed by atoms with Gasteiger partial charge in [-0.1, -0.05) is 34.8 Å². The van der Waals surface area contributed by atoms with Crippen molar-refractivity contribution in [3.05, 3.63) is 44.9 Å². The van der Waals surface area contributed by atoms with E-state index in [-0.39, 0.29) is 21.8 Å². The highest BCUT2D eigenvalue weighted by atomic mass is 35.5. The van der Waals surface area contributed by atoms with Crippen molar-refractivity contribution in [3.63, 3.8) is 0 Å². The number of amides is 1. The molecular weight excluding hydrogens is 353 g/mol. The smallest absolute Gasteiger partial charge is 0.324 e. The molecule has 2 N–H and O–H groups in total. The first-order chi connectivity index (χ1) is 9.68. The maximum atomic E-state index is 12.7. The first kappa shape index (κ1) is 15.9. The molecule has 0 spiro atoms. The molecule has 0 saturated carbocycles. The first-order valence-electron chi connectivity index (χ1n) is 5.27. The fourth-order valence-corrected chi connectivity index (χ4v) is 1.94. The lowest BCUT2D eigenvalue weighted by Crippen LogP contribution is -2.15. The van der Waals surface area contributed by atoms with Crippen molar-refractivity contribution in [3.8, 4) is 0 Å². The summed E-state index contributed by atoms with van der Waals surface area (Å²) >= 11 is 16.6. The highest BCUT2D eigenvalue weighted by Crippen LogP contribution is 2.36. The second kappa shape index (κ2) is 5.75. The fraction of sp³-hybridized carbons (Fsp3) is 0.0909. The van der Waals surface area contributed by atoms with E-state index < -0.39 is 22.7 Å². The predicted octanol–water partition coefficient (Wildman–Crippen LogP) is 4.64. The van der Waals surface area contributed by atoms with Gasteiger partial charge in [-0.3, -0.25) is 4.79 Å². The molecule has 2 rings (SSSR count). The molecule has 0 aliphatic carbocycles. The molecule has 0 bridgehead atoms. The Morgan fingerprint density at radius 1 is 1.24 bits per heavy atom. The van der Waals surface area contributed by atoms with Crippen LogP contribution in [0.4, 0.5) is 18.9 Å². The van der Waals surface area contributed by atoms with Crippen molar-refractivity contribution < 1.29 is 18.0 Å². The summed E-state index contributed by atoms with van der Waals surface area (Å²) in [6, 6.07) is 2.97. The Morgan fingerprint density at radius 3 is 2.43 bits per heavy atom. The summed E-state index contributed by atoms with van der Waals surface area (Å²) < 4.78 is 38.1. The molecular formula is C11H5Cl3F3N3O. The Morgan fingerprint density at radius 2 is 1.90 bits per heavy atom. The second-order valence-corrected chi connectivity index (χ2v) is 4.98. The Hall–Kier alpha value is -1.44. The summed E-state index contributed by atoms with van der Waals surface area (Å²) in [7, 11) is 0. The lowest BCUT2D eigenvalue weighted by Gasteiger charge is -2.11. The molecule has 1 aromatic carbocycles. The van der Waals surface area contributed by atoms with Crippen molar-refractivity contribution in [2.75, 3.05) is 5.32 Å². The molecule has 112 valence electrons. The molecule has 0 fully saturated rings. The van der Waals surface area contributed by atoms with Crippen LogP contribution >= 0.6 is 34.8 Å². The summed E-state index contributed by atoms with van der Waals surface area (Å²) in [4.78, 5) is 17.8. The molecule has 0 unspecified atom stereocenters. The Labute approximate surface area is 131 Å². The minimum absolute atomic E-state index is 0.0473. The third kappa shape index (κ3) is 3.61. The Bertz CT molecular complexity index is 680. The number of anilines is 1. The van der Waals surface area contributed by atoms with Crippen LogP contribution in [0.25, 0.3) is 0 Å². The largest absolute Gasteiger partial charge is 0.417 e. The van der Waals surface area contributed by atoms with Crippen LogP contribution in [0.3, 0.4) is 0 Å². The average Bonchev–Trinajstić information content (AvgIpc) is 2.71. The number of aromatic nitrogens is 2. The molecule has 21 heavy (non-hydrogen) atoms. The number of alkyl halides is 3. The molecule has 0 aliphatic heterocycles. The number of imidazole rings is 1. The summed E-state index contributed by atoms with van der Waals surface area (Å²) in [5, 5.41) is 1.60. The molecule has 1 amide bonds. The van der Waals surface area contributed by atoms with E-state index in [2.05, 4.69) is 15.3 Å². The highest BCUT2D eigenvalue weighted by Gasteiger charge is 2.33. The molecule has 0 radical (unpaired) electrons. The van der Waals surface area contributed by atoms with Gasteiger partial charge < -0.3 is 10.3 Å². The van der Waals surface area contributed by atoms with Gasteiger partial charge >= 0.3 is 6.18 Å². The number of carbonyl (C=O) groups is 1. The molecule has 10 heteroatoms. The maximum absolute atomic E-state index is 12.7. The highest BCUT2D eigenvalue weighted by molar-refractivity contribution is 6.40. The van der Waals surface area contributed by atoms with E-state index in [1.807, 2.05) is 0 Å². The van der Waals surface area contributed by atoms with Gasteiger partial charge in [-0.2, -0.15) is 13.2 Å². The zero-order chi connectivity index (χ0) is 15.8. The van der Waals surface area contributed by atoms with E-state index in [1.165, 1.54) is 6.07 Å². The van der Waals surface area contributed by atoms with Gasteiger partial charge in [0.1, 0.15) is 5.15 Å². The summed E-state index contributed by atoms with van der Waals surface area (Å²) in [6.45, 7) is 0. The normalized spacial score (nSPS) is 11.5. The van der Waals surface area contributed by atoms with E-state index in [0.717, 1.165) is 6.07 Å². The van der Waals surface area contributed by atoms with Gasteiger partial charge in [0.05, 0.1) is 10.6 Å². The van der Waals surface area contributed by atoms with Crippen LogP contribution in [0.2, 0.25) is 15.3 Å². The number of nitrogens with one attached hydrogen (secondary N) is 2. The van der Waals surface area contributed by atoms with E-state index in [0.29, 0.717) is 6.07 Å². The number of H-pyrrole nitrogens is 1. The van der Waals surface area contributed by atoms with Crippen LogP contribution < -0.4 is 5.32 Å². The molecule has 4 nitrogen and oxygen atoms in total. The Balaban J connectivity index is 2.26. The van der Waals surface area contributed by atoms with Crippen LogP contribution in [-0.2, 0) is 6.18 Å². The van der Waals surface area contributed by atoms with Crippen molar-refractivity contribution in [2.45, 2.75) is 6.18 Å². The third-order valence-corrected chi connectivity index (χ3v) is 3.34. The van der Waals surface area contributed by atoms with Crippen LogP contribution in [0.1, 0.15) is 16.2 Å². The Kier molecular flexibility index (Phi) is 4.36. The van der Waals surface area contributed by atoms with Crippen LogP contribution in [-0.4, -0.2) is 15.9 Å². The zero-order valence-corrected chi connectivity index (χ0v) is 12.1. The quantitative estimate of drug-likeness (QED) is 0.821. The predicted molar refractivity (Wildman–Crippen MR) is 73.0 cm³/mol. The number of benzene rings is 1. The van der Waals surface area contributed by atoms with Crippen molar-refractivity contribution in [2.24, 2.45) is 0 Å². The van der Waals surface area contributed by atoms with Gasteiger partial charge in [-0.15, -0.1) is 0 Å². The zero-order valence-electron chi connectivity index (χ0n) is 9.86. The molecule has 0 saturated heterocycles. The number of carbonyl (C=O) groups excluding carboxylic acids is 1. The minimum Gasteiger partial charge on any atom is -0.324 e. The van der Waals surface area contributed by atoms with Crippen molar-refractivity contribution >= 4 is 46.4 Å². The van der Waals surface area contributed by atoms with Crippen LogP contribution in [0.5, 0.6) is 0 Å². The minimum atomic E-state index is -4.63. The van der Waals surface area contributed by atoms with Gasteiger partial charge in [-0.05, 0) is 18.2 Å². The lowest BCUT2D eigenvalue weighted by molar-refractivity contribution is -0.137. The number of hydrogen-bond donors (Lipinski definition) is 2. The van der Waals surface area contributed by atoms with E-state index in [4.69, 9.17) is 34.8 Å². The molecule has 2 aromatic rings. The topological polar surface area (TPSA) is 57.8 Å². The maximum Gasteiger partial charge on any atom is 0.417 e. The van der Waals surface area contributed by atoms with Crippen molar-refractivity contribution in [1.29, 1.82) is 0 Å². The molecule has 0 atom stereocenters. The molecule has 0 aliphatic rings. The summed E-state index contributed by atoms with van der Waals surface area (Å²) in [6.07, 6.45) is -4.63. The number of rotatable bonds is 2. The standard InChI is InChI=1S/C11H5Cl3F3N3O/c12-6-2-1-4(3-5(6)11(15,16)17)18-10(21)9-19-7(13)8(14)20-9/h1-3H,(H,18,21)(H,19,20). The van der Waals surface area contributed by atoms with Gasteiger partial charge in [0.2, 0.25) is 0 Å². The summed E-state index contributed by atoms with van der Waals surface area (Å²) in [5.41, 5.74) is -1.15. The monoisotopic (exact) mass is 357 g/mol. The van der Waals surface area contributed by atoms with E-state index in [9.17, 15) is 18.0 Å². The summed E-state index contributed by atoms with van der Waals surface area (Å²) in [5.74, 6) is -1.02. The number of nitrogens with zero attached hydrogens (tertiary/aromatic N) is 1. The number of halogens is 6. The number of hydrogen-bond acceptors (Lipinski definition) is 2. The first-order valence-corrected chi connectivity index (χ1v) is 6.41. The van der Waals surface area contributed by atoms with E-state index in [1.54, 1.807) is 0 Å². The molecule has 1 aromatic heterocycles. The van der Waals surface area contributed by atoms with Gasteiger partial charge in [-0.25, -0.2) is 4.98 Å². The van der Waals surface area contributed by atoms with Gasteiger partial charge in [0.25, 0.3) is 5.91 Å². The molecule has 1 heterocycles. The van der Waals surface area contributed by atoms with E-state index >= 15 is 0 Å². The lowest BCUT2D eigenvalue weighted by atomic mass is 10.2. The van der Waals surface area contributed by atoms with Crippen LogP contribution in [0, 0.1) is 0 Å². The van der Waals surface area contributed by atoms with Gasteiger partial charge in [0.15, 0.2) is 11.0 Å².